The van der Waals surface area contributed by atoms with Crippen molar-refractivity contribution in [3.63, 3.8) is 0 Å². The van der Waals surface area contributed by atoms with Crippen LogP contribution in [-0.2, 0) is 25.5 Å². The average Bonchev–Trinajstić information content (AvgIpc) is 3.04. The number of nitrogens with zero attached hydrogens (tertiary/aromatic N) is 5. The molecule has 1 aliphatic rings. The summed E-state index contributed by atoms with van der Waals surface area (Å²) in [4.78, 5) is 28.8. The molecule has 2 aromatic heterocycles. The fourth-order valence-corrected chi connectivity index (χ4v) is 4.95. The van der Waals surface area contributed by atoms with Crippen molar-refractivity contribution in [2.45, 2.75) is 12.6 Å². The number of carboxylic acid groups (broad SMARTS) is 1. The maximum atomic E-state index is 11.3. The lowest BCUT2D eigenvalue weighted by molar-refractivity contribution is 0.00332. The Morgan fingerprint density at radius 2 is 1.48 bits per heavy atom. The van der Waals surface area contributed by atoms with Gasteiger partial charge in [-0.25, -0.2) is 9.78 Å². The summed E-state index contributed by atoms with van der Waals surface area (Å²) < 4.78 is 23.7. The van der Waals surface area contributed by atoms with E-state index < -0.39 is 5.97 Å². The lowest BCUT2D eigenvalue weighted by Gasteiger charge is -2.32. The molecule has 0 radical (unpaired) electrons. The average molecular weight is 622 g/mol. The molecule has 3 heterocycles. The van der Waals surface area contributed by atoms with Crippen LogP contribution in [0.25, 0.3) is 0 Å². The van der Waals surface area contributed by atoms with Crippen molar-refractivity contribution in [3.05, 3.63) is 89.5 Å². The van der Waals surface area contributed by atoms with Crippen molar-refractivity contribution in [3.8, 4) is 0 Å². The third kappa shape index (κ3) is 11.2. The Labute approximate surface area is 263 Å². The first kappa shape index (κ1) is 33.4. The van der Waals surface area contributed by atoms with Crippen LogP contribution in [0.2, 0.25) is 0 Å². The third-order valence-corrected chi connectivity index (χ3v) is 7.11. The quantitative estimate of drug-likeness (QED) is 0.306. The van der Waals surface area contributed by atoms with Crippen LogP contribution < -0.4 is 0 Å². The van der Waals surface area contributed by atoms with Gasteiger partial charge in [0.25, 0.3) is 0 Å². The van der Waals surface area contributed by atoms with E-state index >= 15 is 0 Å². The van der Waals surface area contributed by atoms with E-state index in [-0.39, 0.29) is 11.7 Å². The Balaban J connectivity index is 1.37. The van der Waals surface area contributed by atoms with E-state index in [1.54, 1.807) is 6.07 Å². The number of aliphatic imine (C=N–C) groups is 1. The van der Waals surface area contributed by atoms with Crippen molar-refractivity contribution < 1.29 is 28.8 Å². The first-order valence-corrected chi connectivity index (χ1v) is 15.1. The van der Waals surface area contributed by atoms with E-state index in [1.165, 1.54) is 6.07 Å². The normalized spacial score (nSPS) is 17.9. The van der Waals surface area contributed by atoms with Gasteiger partial charge >= 0.3 is 5.97 Å². The number of ether oxygens (including phenoxy) is 4. The van der Waals surface area contributed by atoms with Crippen LogP contribution in [0.3, 0.4) is 0 Å². The maximum absolute atomic E-state index is 11.3. The van der Waals surface area contributed by atoms with Gasteiger partial charge in [0.2, 0.25) is 0 Å². The van der Waals surface area contributed by atoms with Gasteiger partial charge < -0.3 is 24.1 Å². The fraction of sp³-hybridized carbons (Fsp3) is 0.438. The summed E-state index contributed by atoms with van der Waals surface area (Å²) >= 11 is 4.76. The Hall–Kier alpha value is -3.45. The van der Waals surface area contributed by atoms with Gasteiger partial charge in [0, 0.05) is 38.9 Å². The molecule has 0 saturated carbocycles. The minimum atomic E-state index is -1.04. The maximum Gasteiger partial charge on any atom is 0.354 e. The number of carboxylic acids is 1. The highest BCUT2D eigenvalue weighted by atomic mass is 32.1. The van der Waals surface area contributed by atoms with Gasteiger partial charge in [-0.3, -0.25) is 14.8 Å². The van der Waals surface area contributed by atoms with Crippen LogP contribution in [0, 0.1) is 0 Å². The second kappa shape index (κ2) is 19.0. The van der Waals surface area contributed by atoms with Crippen molar-refractivity contribution in [1.29, 1.82) is 0 Å². The predicted octanol–water partition coefficient (Wildman–Crippen LogP) is 3.88. The first-order valence-electron chi connectivity index (χ1n) is 14.7. The highest BCUT2D eigenvalue weighted by Crippen LogP contribution is 2.28. The molecule has 234 valence electrons. The highest BCUT2D eigenvalue weighted by Gasteiger charge is 2.23. The number of aromatic carboxylic acids is 1. The molecule has 0 spiro atoms. The number of isothiocyanates is 1. The van der Waals surface area contributed by atoms with Crippen LogP contribution in [0.4, 0.5) is 5.69 Å². The fourth-order valence-electron chi connectivity index (χ4n) is 4.84. The Bertz CT molecular complexity index is 1310. The summed E-state index contributed by atoms with van der Waals surface area (Å²) in [6, 6.07) is 18.8. The largest absolute Gasteiger partial charge is 0.477 e. The monoisotopic (exact) mass is 621 g/mol. The number of benzene rings is 1. The molecule has 3 aromatic rings. The second-order valence-electron chi connectivity index (χ2n) is 10.0. The summed E-state index contributed by atoms with van der Waals surface area (Å²) in [5.41, 5.74) is 3.48. The van der Waals surface area contributed by atoms with Crippen LogP contribution in [0.15, 0.2) is 71.9 Å². The molecule has 4 rings (SSSR count). The first-order chi connectivity index (χ1) is 21.6. The molecule has 0 amide bonds. The molecule has 1 fully saturated rings. The van der Waals surface area contributed by atoms with E-state index in [9.17, 15) is 9.90 Å². The molecule has 44 heavy (non-hydrogen) atoms. The molecule has 0 aliphatic carbocycles. The third-order valence-electron chi connectivity index (χ3n) is 7.02. The van der Waals surface area contributed by atoms with Crippen molar-refractivity contribution in [1.82, 2.24) is 19.8 Å². The Morgan fingerprint density at radius 1 is 0.841 bits per heavy atom. The minimum absolute atomic E-state index is 0.0327. The molecular formula is C32H39N5O6S. The van der Waals surface area contributed by atoms with E-state index in [0.29, 0.717) is 91.3 Å². The smallest absolute Gasteiger partial charge is 0.354 e. The standard InChI is InChI=1S/C32H39N5O6S/c38-32(39)30-6-3-4-28(35-30)24-36-12-16-40-20-22-42-18-14-37(15-19-43-23-21-41-17-13-36)31(29-5-1-2-11-33-29)26-7-9-27(10-8-26)34-25-44/h1-11,31H,12-24H2,(H,38,39). The number of rotatable bonds is 7. The van der Waals surface area contributed by atoms with Gasteiger partial charge in [-0.15, -0.1) is 0 Å². The molecule has 1 atom stereocenters. The van der Waals surface area contributed by atoms with Gasteiger partial charge in [0.15, 0.2) is 0 Å². The van der Waals surface area contributed by atoms with Crippen LogP contribution in [0.1, 0.15) is 33.5 Å². The molecule has 1 aromatic carbocycles. The minimum Gasteiger partial charge on any atom is -0.477 e. The van der Waals surface area contributed by atoms with Crippen molar-refractivity contribution in [2.75, 3.05) is 79.0 Å². The number of pyridine rings is 2. The van der Waals surface area contributed by atoms with Crippen molar-refractivity contribution >= 4 is 29.0 Å². The van der Waals surface area contributed by atoms with Crippen molar-refractivity contribution in [2.24, 2.45) is 4.99 Å². The van der Waals surface area contributed by atoms with Gasteiger partial charge in [-0.1, -0.05) is 24.3 Å². The molecule has 12 heteroatoms. The summed E-state index contributed by atoms with van der Waals surface area (Å²) in [5.74, 6) is -1.04. The van der Waals surface area contributed by atoms with E-state index in [1.807, 2.05) is 54.7 Å². The zero-order chi connectivity index (χ0) is 30.8. The number of hydrogen-bond donors (Lipinski definition) is 1. The zero-order valence-electron chi connectivity index (χ0n) is 24.8. The van der Waals surface area contributed by atoms with Gasteiger partial charge in [-0.2, -0.15) is 4.99 Å². The number of aromatic nitrogens is 2. The second-order valence-corrected chi connectivity index (χ2v) is 10.2. The molecule has 0 bridgehead atoms. The Morgan fingerprint density at radius 3 is 2.05 bits per heavy atom. The lowest BCUT2D eigenvalue weighted by atomic mass is 10.0. The number of thiocarbonyl (C=S) groups is 1. The highest BCUT2D eigenvalue weighted by molar-refractivity contribution is 7.78. The van der Waals surface area contributed by atoms with Crippen LogP contribution in [-0.4, -0.2) is 115 Å². The lowest BCUT2D eigenvalue weighted by Crippen LogP contribution is -2.36. The molecule has 1 saturated heterocycles. The van der Waals surface area contributed by atoms with E-state index in [2.05, 4.69) is 29.9 Å². The number of carbonyl (C=O) groups is 1. The zero-order valence-corrected chi connectivity index (χ0v) is 25.6. The van der Waals surface area contributed by atoms with E-state index in [4.69, 9.17) is 31.2 Å². The molecule has 11 nitrogen and oxygen atoms in total. The molecule has 1 N–H and O–H groups in total. The number of hydrogen-bond acceptors (Lipinski definition) is 11. The van der Waals surface area contributed by atoms with Crippen LogP contribution >= 0.6 is 12.2 Å². The summed E-state index contributed by atoms with van der Waals surface area (Å²) in [7, 11) is 0. The topological polar surface area (TPSA) is 119 Å². The summed E-state index contributed by atoms with van der Waals surface area (Å²) in [5, 5.41) is 11.7. The van der Waals surface area contributed by atoms with Crippen LogP contribution in [0.5, 0.6) is 0 Å². The van der Waals surface area contributed by atoms with Gasteiger partial charge in [0.05, 0.1) is 81.1 Å². The van der Waals surface area contributed by atoms with Gasteiger partial charge in [0.1, 0.15) is 5.69 Å². The predicted molar refractivity (Wildman–Crippen MR) is 169 cm³/mol. The SMILES string of the molecule is O=C(O)c1cccc(CN2CCOCCOCCN(C(c3ccc(N=C=S)cc3)c3ccccn3)CCOCCOCC2)n1. The van der Waals surface area contributed by atoms with E-state index in [0.717, 1.165) is 16.9 Å². The summed E-state index contributed by atoms with van der Waals surface area (Å²) in [6.45, 7) is 7.01. The molecular weight excluding hydrogens is 582 g/mol. The molecule has 1 unspecified atom stereocenters. The summed E-state index contributed by atoms with van der Waals surface area (Å²) in [6.07, 6.45) is 1.81. The molecule has 1 aliphatic heterocycles. The Kier molecular flexibility index (Phi) is 14.5. The van der Waals surface area contributed by atoms with Gasteiger partial charge in [-0.05, 0) is 54.2 Å².